The van der Waals surface area contributed by atoms with Gasteiger partial charge in [-0.1, -0.05) is 0 Å². The fourth-order valence-corrected chi connectivity index (χ4v) is 0.806. The number of aliphatic hydroxyl groups is 1. The molecular formula is C6H11N3O. The standard InChI is InChI=1S/C6H11N3O/c1-9-6(7)5(2-3-10)4-8-9/h4,10H,2-3,7H2,1H3. The molecule has 0 radical (unpaired) electrons. The Balaban J connectivity index is 2.83. The van der Waals surface area contributed by atoms with Crippen LogP contribution in [0.5, 0.6) is 0 Å². The van der Waals surface area contributed by atoms with Gasteiger partial charge in [-0.2, -0.15) is 5.10 Å². The highest BCUT2D eigenvalue weighted by Crippen LogP contribution is 2.08. The molecule has 0 spiro atoms. The van der Waals surface area contributed by atoms with Crippen LogP contribution >= 0.6 is 0 Å². The normalized spacial score (nSPS) is 10.2. The van der Waals surface area contributed by atoms with Crippen molar-refractivity contribution in [1.82, 2.24) is 9.78 Å². The average molecular weight is 141 g/mol. The SMILES string of the molecule is Cn1ncc(CCO)c1N. The lowest BCUT2D eigenvalue weighted by atomic mass is 10.2. The minimum absolute atomic E-state index is 0.121. The number of nitrogens with two attached hydrogens (primary N) is 1. The summed E-state index contributed by atoms with van der Waals surface area (Å²) in [5, 5.41) is 12.5. The molecule has 1 aromatic rings. The molecule has 3 N–H and O–H groups in total. The highest BCUT2D eigenvalue weighted by atomic mass is 16.2. The number of anilines is 1. The maximum atomic E-state index is 8.56. The summed E-state index contributed by atoms with van der Waals surface area (Å²) in [5.74, 6) is 0.633. The molecule has 1 rings (SSSR count). The van der Waals surface area contributed by atoms with Gasteiger partial charge in [-0.25, -0.2) is 0 Å². The third kappa shape index (κ3) is 1.11. The van der Waals surface area contributed by atoms with Crippen molar-refractivity contribution in [2.24, 2.45) is 7.05 Å². The number of aromatic nitrogens is 2. The topological polar surface area (TPSA) is 64.1 Å². The summed E-state index contributed by atoms with van der Waals surface area (Å²) in [7, 11) is 1.77. The van der Waals surface area contributed by atoms with Crippen LogP contribution in [0.15, 0.2) is 6.20 Å². The van der Waals surface area contributed by atoms with E-state index in [1.807, 2.05) is 0 Å². The van der Waals surface area contributed by atoms with Crippen LogP contribution in [-0.2, 0) is 13.5 Å². The zero-order valence-corrected chi connectivity index (χ0v) is 5.91. The average Bonchev–Trinajstić information content (AvgIpc) is 2.20. The van der Waals surface area contributed by atoms with E-state index in [0.29, 0.717) is 12.2 Å². The van der Waals surface area contributed by atoms with Crippen LogP contribution in [0.3, 0.4) is 0 Å². The molecule has 0 atom stereocenters. The van der Waals surface area contributed by atoms with Crippen LogP contribution < -0.4 is 5.73 Å². The molecule has 0 aliphatic rings. The van der Waals surface area contributed by atoms with E-state index in [-0.39, 0.29) is 6.61 Å². The van der Waals surface area contributed by atoms with Gasteiger partial charge in [-0.3, -0.25) is 4.68 Å². The van der Waals surface area contributed by atoms with Crippen molar-refractivity contribution < 1.29 is 5.11 Å². The largest absolute Gasteiger partial charge is 0.396 e. The summed E-state index contributed by atoms with van der Waals surface area (Å²) in [6.07, 6.45) is 2.26. The van der Waals surface area contributed by atoms with Gasteiger partial charge in [0, 0.05) is 25.6 Å². The molecule has 0 amide bonds. The predicted molar refractivity (Wildman–Crippen MR) is 38.4 cm³/mol. The zero-order valence-electron chi connectivity index (χ0n) is 5.91. The maximum Gasteiger partial charge on any atom is 0.124 e. The number of nitrogens with zero attached hydrogens (tertiary/aromatic N) is 2. The first-order valence-corrected chi connectivity index (χ1v) is 3.13. The Kier molecular flexibility index (Phi) is 1.91. The van der Waals surface area contributed by atoms with Crippen molar-refractivity contribution in [3.63, 3.8) is 0 Å². The van der Waals surface area contributed by atoms with E-state index < -0.39 is 0 Å². The van der Waals surface area contributed by atoms with Crippen LogP contribution in [0.25, 0.3) is 0 Å². The van der Waals surface area contributed by atoms with Gasteiger partial charge in [-0.05, 0) is 0 Å². The van der Waals surface area contributed by atoms with Gasteiger partial charge in [0.25, 0.3) is 0 Å². The van der Waals surface area contributed by atoms with Gasteiger partial charge in [0.2, 0.25) is 0 Å². The van der Waals surface area contributed by atoms with Gasteiger partial charge < -0.3 is 10.8 Å². The lowest BCUT2D eigenvalue weighted by Crippen LogP contribution is -2.00. The van der Waals surface area contributed by atoms with Crippen molar-refractivity contribution in [1.29, 1.82) is 0 Å². The monoisotopic (exact) mass is 141 g/mol. The van der Waals surface area contributed by atoms with E-state index in [4.69, 9.17) is 10.8 Å². The zero-order chi connectivity index (χ0) is 7.56. The minimum atomic E-state index is 0.121. The summed E-state index contributed by atoms with van der Waals surface area (Å²) in [5.41, 5.74) is 6.49. The molecule has 10 heavy (non-hydrogen) atoms. The van der Waals surface area contributed by atoms with Crippen molar-refractivity contribution in [3.8, 4) is 0 Å². The van der Waals surface area contributed by atoms with E-state index in [1.165, 1.54) is 0 Å². The van der Waals surface area contributed by atoms with Crippen LogP contribution in [0.1, 0.15) is 5.56 Å². The third-order valence-corrected chi connectivity index (χ3v) is 1.45. The van der Waals surface area contributed by atoms with Crippen LogP contribution in [0, 0.1) is 0 Å². The highest BCUT2D eigenvalue weighted by Gasteiger charge is 2.01. The maximum absolute atomic E-state index is 8.56. The Morgan fingerprint density at radius 1 is 1.80 bits per heavy atom. The molecule has 0 aliphatic heterocycles. The molecule has 4 heteroatoms. The van der Waals surface area contributed by atoms with Crippen LogP contribution in [-0.4, -0.2) is 21.5 Å². The Bertz CT molecular complexity index is 219. The van der Waals surface area contributed by atoms with Crippen LogP contribution in [0.2, 0.25) is 0 Å². The molecule has 1 aromatic heterocycles. The van der Waals surface area contributed by atoms with E-state index in [0.717, 1.165) is 5.56 Å². The van der Waals surface area contributed by atoms with Gasteiger partial charge in [0.15, 0.2) is 0 Å². The van der Waals surface area contributed by atoms with Crippen molar-refractivity contribution in [2.45, 2.75) is 6.42 Å². The molecule has 4 nitrogen and oxygen atoms in total. The first-order valence-electron chi connectivity index (χ1n) is 3.13. The number of hydrogen-bond acceptors (Lipinski definition) is 3. The smallest absolute Gasteiger partial charge is 0.124 e. The van der Waals surface area contributed by atoms with Gasteiger partial charge in [0.05, 0.1) is 6.20 Å². The summed E-state index contributed by atoms with van der Waals surface area (Å²) < 4.78 is 1.59. The molecule has 0 saturated heterocycles. The van der Waals surface area contributed by atoms with Crippen molar-refractivity contribution in [3.05, 3.63) is 11.8 Å². The Labute approximate surface area is 59.3 Å². The molecular weight excluding hydrogens is 130 g/mol. The van der Waals surface area contributed by atoms with Crippen molar-refractivity contribution in [2.75, 3.05) is 12.3 Å². The quantitative estimate of drug-likeness (QED) is 0.585. The first kappa shape index (κ1) is 7.08. The molecule has 0 aliphatic carbocycles. The fraction of sp³-hybridized carbons (Fsp3) is 0.500. The Morgan fingerprint density at radius 2 is 2.50 bits per heavy atom. The molecule has 0 aromatic carbocycles. The fourth-order valence-electron chi connectivity index (χ4n) is 0.806. The number of rotatable bonds is 2. The van der Waals surface area contributed by atoms with Gasteiger partial charge >= 0.3 is 0 Å². The minimum Gasteiger partial charge on any atom is -0.396 e. The van der Waals surface area contributed by atoms with E-state index in [9.17, 15) is 0 Å². The lowest BCUT2D eigenvalue weighted by Gasteiger charge is -1.95. The molecule has 1 heterocycles. The lowest BCUT2D eigenvalue weighted by molar-refractivity contribution is 0.300. The summed E-state index contributed by atoms with van der Waals surface area (Å²) in [6.45, 7) is 0.121. The second-order valence-electron chi connectivity index (χ2n) is 2.15. The second-order valence-corrected chi connectivity index (χ2v) is 2.15. The molecule has 0 bridgehead atoms. The number of hydrogen-bond donors (Lipinski definition) is 2. The summed E-state index contributed by atoms with van der Waals surface area (Å²) >= 11 is 0. The first-order chi connectivity index (χ1) is 4.75. The van der Waals surface area contributed by atoms with E-state index >= 15 is 0 Å². The molecule has 0 unspecified atom stereocenters. The number of aliphatic hydroxyl groups excluding tert-OH is 1. The van der Waals surface area contributed by atoms with E-state index in [1.54, 1.807) is 17.9 Å². The molecule has 0 fully saturated rings. The highest BCUT2D eigenvalue weighted by molar-refractivity contribution is 5.38. The summed E-state index contributed by atoms with van der Waals surface area (Å²) in [6, 6.07) is 0. The molecule has 56 valence electrons. The number of aryl methyl sites for hydroxylation is 1. The Morgan fingerprint density at radius 3 is 2.90 bits per heavy atom. The second kappa shape index (κ2) is 2.70. The third-order valence-electron chi connectivity index (χ3n) is 1.45. The number of nitrogen functional groups attached to an aromatic ring is 1. The van der Waals surface area contributed by atoms with Gasteiger partial charge in [0.1, 0.15) is 5.82 Å². The van der Waals surface area contributed by atoms with Crippen molar-refractivity contribution >= 4 is 5.82 Å². The summed E-state index contributed by atoms with van der Waals surface area (Å²) in [4.78, 5) is 0. The van der Waals surface area contributed by atoms with Crippen LogP contribution in [0.4, 0.5) is 5.82 Å². The van der Waals surface area contributed by atoms with Gasteiger partial charge in [-0.15, -0.1) is 0 Å². The molecule has 0 saturated carbocycles. The Hall–Kier alpha value is -1.03. The van der Waals surface area contributed by atoms with E-state index in [2.05, 4.69) is 5.10 Å². The predicted octanol–water partition coefficient (Wildman–Crippen LogP) is -0.463.